The maximum atomic E-state index is 14.1. The second kappa shape index (κ2) is 8.37. The van der Waals surface area contributed by atoms with Crippen molar-refractivity contribution in [2.75, 3.05) is 26.2 Å². The molecule has 1 aromatic carbocycles. The highest BCUT2D eigenvalue weighted by Gasteiger charge is 2.27. The van der Waals surface area contributed by atoms with Gasteiger partial charge < -0.3 is 13.8 Å². The molecule has 4 aromatic rings. The standard InChI is InChI=1S/C23H20ClFN4O3/c1-14-21-15(12-19(20-6-3-11-31-20)26-22(21)32-27-14)23(30)29-9-7-28(8-10-29)13-16-17(24)4-2-5-18(16)25/h2-6,11-12H,7-10,13H2,1H3. The minimum Gasteiger partial charge on any atom is -0.463 e. The molecule has 32 heavy (non-hydrogen) atoms. The van der Waals surface area contributed by atoms with E-state index in [1.165, 1.54) is 6.07 Å². The SMILES string of the molecule is Cc1noc2nc(-c3ccco3)cc(C(=O)N3CCN(Cc4c(F)cccc4Cl)CC3)c12. The lowest BCUT2D eigenvalue weighted by Crippen LogP contribution is -2.48. The Kier molecular flexibility index (Phi) is 5.40. The number of pyridine rings is 1. The highest BCUT2D eigenvalue weighted by Crippen LogP contribution is 2.29. The van der Waals surface area contributed by atoms with Gasteiger partial charge in [0.2, 0.25) is 0 Å². The molecule has 0 bridgehead atoms. The number of hydrogen-bond acceptors (Lipinski definition) is 6. The fourth-order valence-corrected chi connectivity index (χ4v) is 4.22. The number of carbonyl (C=O) groups is 1. The summed E-state index contributed by atoms with van der Waals surface area (Å²) in [6, 6.07) is 9.95. The number of aryl methyl sites for hydroxylation is 1. The molecular weight excluding hydrogens is 435 g/mol. The lowest BCUT2D eigenvalue weighted by Gasteiger charge is -2.35. The van der Waals surface area contributed by atoms with Crippen molar-refractivity contribution in [3.63, 3.8) is 0 Å². The van der Waals surface area contributed by atoms with E-state index in [0.717, 1.165) is 0 Å². The van der Waals surface area contributed by atoms with E-state index in [9.17, 15) is 9.18 Å². The first kappa shape index (κ1) is 20.7. The molecule has 0 spiro atoms. The molecule has 0 atom stereocenters. The van der Waals surface area contributed by atoms with Crippen LogP contribution in [0.5, 0.6) is 0 Å². The Bertz CT molecular complexity index is 1260. The van der Waals surface area contributed by atoms with Crippen LogP contribution in [0.15, 0.2) is 51.6 Å². The van der Waals surface area contributed by atoms with Crippen LogP contribution in [0.2, 0.25) is 5.02 Å². The quantitative estimate of drug-likeness (QED) is 0.450. The fourth-order valence-electron chi connectivity index (χ4n) is 4.00. The number of rotatable bonds is 4. The van der Waals surface area contributed by atoms with Crippen molar-refractivity contribution in [1.29, 1.82) is 0 Å². The zero-order valence-electron chi connectivity index (χ0n) is 17.3. The zero-order valence-corrected chi connectivity index (χ0v) is 18.1. The molecule has 4 heterocycles. The van der Waals surface area contributed by atoms with Gasteiger partial charge in [0, 0.05) is 43.3 Å². The summed E-state index contributed by atoms with van der Waals surface area (Å²) in [5, 5.41) is 5.00. The number of amides is 1. The van der Waals surface area contributed by atoms with E-state index in [1.54, 1.807) is 48.4 Å². The monoisotopic (exact) mass is 454 g/mol. The lowest BCUT2D eigenvalue weighted by atomic mass is 10.1. The Labute approximate surface area is 188 Å². The Hall–Kier alpha value is -3.23. The van der Waals surface area contributed by atoms with Crippen LogP contribution in [-0.2, 0) is 6.54 Å². The summed E-state index contributed by atoms with van der Waals surface area (Å²) in [5.74, 6) is 0.102. The Morgan fingerprint density at radius 2 is 2.00 bits per heavy atom. The predicted molar refractivity (Wildman–Crippen MR) is 117 cm³/mol. The molecule has 0 N–H and O–H groups in total. The molecule has 0 radical (unpaired) electrons. The third kappa shape index (κ3) is 3.76. The van der Waals surface area contributed by atoms with Gasteiger partial charge in [0.25, 0.3) is 11.6 Å². The van der Waals surface area contributed by atoms with Crippen molar-refractivity contribution in [2.45, 2.75) is 13.5 Å². The van der Waals surface area contributed by atoms with Gasteiger partial charge in [0.05, 0.1) is 22.9 Å². The van der Waals surface area contributed by atoms with Crippen molar-refractivity contribution in [1.82, 2.24) is 19.9 Å². The third-order valence-electron chi connectivity index (χ3n) is 5.72. The predicted octanol–water partition coefficient (Wildman–Crippen LogP) is 4.54. The van der Waals surface area contributed by atoms with Crippen LogP contribution >= 0.6 is 11.6 Å². The number of halogens is 2. The van der Waals surface area contributed by atoms with Gasteiger partial charge in [-0.05, 0) is 37.3 Å². The van der Waals surface area contributed by atoms with E-state index >= 15 is 0 Å². The normalized spacial score (nSPS) is 14.9. The topological polar surface area (TPSA) is 75.6 Å². The van der Waals surface area contributed by atoms with Crippen LogP contribution in [0.3, 0.4) is 0 Å². The summed E-state index contributed by atoms with van der Waals surface area (Å²) >= 11 is 6.16. The van der Waals surface area contributed by atoms with Gasteiger partial charge in [-0.1, -0.05) is 22.8 Å². The maximum Gasteiger partial charge on any atom is 0.259 e. The molecule has 3 aromatic heterocycles. The number of benzene rings is 1. The number of fused-ring (bicyclic) bond motifs is 1. The average Bonchev–Trinajstić information content (AvgIpc) is 3.46. The number of nitrogens with zero attached hydrogens (tertiary/aromatic N) is 4. The van der Waals surface area contributed by atoms with E-state index in [2.05, 4.69) is 15.0 Å². The Morgan fingerprint density at radius 3 is 2.72 bits per heavy atom. The van der Waals surface area contributed by atoms with Gasteiger partial charge in [-0.2, -0.15) is 0 Å². The van der Waals surface area contributed by atoms with Crippen LogP contribution in [0.25, 0.3) is 22.6 Å². The van der Waals surface area contributed by atoms with Crippen molar-refractivity contribution in [2.24, 2.45) is 0 Å². The van der Waals surface area contributed by atoms with Gasteiger partial charge in [-0.25, -0.2) is 9.37 Å². The van der Waals surface area contributed by atoms with E-state index in [0.29, 0.717) is 77.1 Å². The van der Waals surface area contributed by atoms with E-state index in [1.807, 2.05) is 0 Å². The number of carbonyl (C=O) groups excluding carboxylic acids is 1. The summed E-state index contributed by atoms with van der Waals surface area (Å²) in [6.07, 6.45) is 1.55. The second-order valence-electron chi connectivity index (χ2n) is 7.75. The van der Waals surface area contributed by atoms with E-state index in [4.69, 9.17) is 20.5 Å². The molecule has 5 rings (SSSR count). The molecule has 164 valence electrons. The van der Waals surface area contributed by atoms with Crippen LogP contribution < -0.4 is 0 Å². The van der Waals surface area contributed by atoms with E-state index < -0.39 is 0 Å². The second-order valence-corrected chi connectivity index (χ2v) is 8.16. The fraction of sp³-hybridized carbons (Fsp3) is 0.261. The van der Waals surface area contributed by atoms with Crippen LogP contribution in [0, 0.1) is 12.7 Å². The molecule has 0 saturated carbocycles. The highest BCUT2D eigenvalue weighted by molar-refractivity contribution is 6.31. The first-order chi connectivity index (χ1) is 15.5. The molecule has 1 aliphatic heterocycles. The van der Waals surface area contributed by atoms with Gasteiger partial charge in [-0.15, -0.1) is 0 Å². The number of furan rings is 1. The maximum absolute atomic E-state index is 14.1. The Balaban J connectivity index is 1.37. The summed E-state index contributed by atoms with van der Waals surface area (Å²) in [6.45, 7) is 4.42. The van der Waals surface area contributed by atoms with Crippen molar-refractivity contribution < 1.29 is 18.1 Å². The van der Waals surface area contributed by atoms with Gasteiger partial charge in [-0.3, -0.25) is 9.69 Å². The van der Waals surface area contributed by atoms with Gasteiger partial charge in [0.1, 0.15) is 11.5 Å². The summed E-state index contributed by atoms with van der Waals surface area (Å²) < 4.78 is 24.9. The largest absolute Gasteiger partial charge is 0.463 e. The summed E-state index contributed by atoms with van der Waals surface area (Å²) in [7, 11) is 0. The van der Waals surface area contributed by atoms with Gasteiger partial charge >= 0.3 is 0 Å². The molecular formula is C23H20ClFN4O3. The molecule has 0 aliphatic carbocycles. The number of hydrogen-bond donors (Lipinski definition) is 0. The number of aromatic nitrogens is 2. The molecule has 1 amide bonds. The van der Waals surface area contributed by atoms with Gasteiger partial charge in [0.15, 0.2) is 5.76 Å². The molecule has 0 unspecified atom stereocenters. The smallest absolute Gasteiger partial charge is 0.259 e. The molecule has 1 saturated heterocycles. The Morgan fingerprint density at radius 1 is 1.19 bits per heavy atom. The summed E-state index contributed by atoms with van der Waals surface area (Å²) in [5.41, 5.74) is 2.37. The van der Waals surface area contributed by atoms with Crippen molar-refractivity contribution >= 4 is 28.6 Å². The average molecular weight is 455 g/mol. The minimum atomic E-state index is -0.316. The van der Waals surface area contributed by atoms with Crippen molar-refractivity contribution in [3.05, 3.63) is 70.3 Å². The van der Waals surface area contributed by atoms with Crippen LogP contribution in [0.1, 0.15) is 21.6 Å². The summed E-state index contributed by atoms with van der Waals surface area (Å²) in [4.78, 5) is 21.8. The molecule has 9 heteroatoms. The van der Waals surface area contributed by atoms with Crippen LogP contribution in [0.4, 0.5) is 4.39 Å². The van der Waals surface area contributed by atoms with E-state index in [-0.39, 0.29) is 11.7 Å². The zero-order chi connectivity index (χ0) is 22.2. The lowest BCUT2D eigenvalue weighted by molar-refractivity contribution is 0.0629. The van der Waals surface area contributed by atoms with Crippen molar-refractivity contribution in [3.8, 4) is 11.5 Å². The number of piperazine rings is 1. The molecule has 1 aliphatic rings. The highest BCUT2D eigenvalue weighted by atomic mass is 35.5. The first-order valence-corrected chi connectivity index (χ1v) is 10.6. The first-order valence-electron chi connectivity index (χ1n) is 10.3. The molecule has 7 nitrogen and oxygen atoms in total. The van der Waals surface area contributed by atoms with Crippen LogP contribution in [-0.4, -0.2) is 52.0 Å². The minimum absolute atomic E-state index is 0.125. The third-order valence-corrected chi connectivity index (χ3v) is 6.08. The molecule has 1 fully saturated rings.